The summed E-state index contributed by atoms with van der Waals surface area (Å²) in [5, 5.41) is 12.9. The summed E-state index contributed by atoms with van der Waals surface area (Å²) >= 11 is 0. The van der Waals surface area contributed by atoms with Crippen LogP contribution in [0.1, 0.15) is 11.7 Å². The van der Waals surface area contributed by atoms with Crippen molar-refractivity contribution in [1.82, 2.24) is 0 Å². The zero-order chi connectivity index (χ0) is 13.0. The fourth-order valence-corrected chi connectivity index (χ4v) is 1.72. The second-order valence-electron chi connectivity index (χ2n) is 4.08. The summed E-state index contributed by atoms with van der Waals surface area (Å²) in [5.74, 6) is -0.397. The maximum Gasteiger partial charge on any atom is 0.127 e. The van der Waals surface area contributed by atoms with Crippen LogP contribution in [0.4, 0.5) is 15.8 Å². The molecule has 2 aromatic rings. The molecule has 0 spiro atoms. The second-order valence-corrected chi connectivity index (χ2v) is 4.08. The average Bonchev–Trinajstić information content (AvgIpc) is 2.36. The van der Waals surface area contributed by atoms with Gasteiger partial charge in [0.25, 0.3) is 0 Å². The molecular formula is C14H15FN2O. The highest BCUT2D eigenvalue weighted by molar-refractivity contribution is 5.54. The first kappa shape index (κ1) is 12.4. The molecule has 0 aliphatic rings. The van der Waals surface area contributed by atoms with Crippen LogP contribution in [0, 0.1) is 5.82 Å². The van der Waals surface area contributed by atoms with Crippen LogP contribution in [0.15, 0.2) is 48.5 Å². The van der Waals surface area contributed by atoms with Gasteiger partial charge in [0.2, 0.25) is 0 Å². The quantitative estimate of drug-likeness (QED) is 0.727. The first-order valence-corrected chi connectivity index (χ1v) is 5.68. The Balaban J connectivity index is 1.99. The van der Waals surface area contributed by atoms with Crippen LogP contribution in [0.25, 0.3) is 0 Å². The summed E-state index contributed by atoms with van der Waals surface area (Å²) in [6, 6.07) is 13.5. The number of nitrogen functional groups attached to an aromatic ring is 1. The van der Waals surface area contributed by atoms with E-state index in [0.29, 0.717) is 17.9 Å². The van der Waals surface area contributed by atoms with Crippen molar-refractivity contribution in [3.8, 4) is 0 Å². The molecule has 3 nitrogen and oxygen atoms in total. The molecule has 2 aromatic carbocycles. The van der Waals surface area contributed by atoms with Crippen LogP contribution in [0.5, 0.6) is 0 Å². The standard InChI is InChI=1S/C14H15FN2O/c15-11-6-12(16)8-13(7-11)17-9-14(18)10-4-2-1-3-5-10/h1-8,14,17-18H,9,16H2. The molecule has 0 fully saturated rings. The van der Waals surface area contributed by atoms with E-state index in [1.807, 2.05) is 30.3 Å². The third-order valence-corrected chi connectivity index (χ3v) is 2.60. The number of aliphatic hydroxyl groups excluding tert-OH is 1. The van der Waals surface area contributed by atoms with E-state index in [1.54, 1.807) is 6.07 Å². The van der Waals surface area contributed by atoms with Gasteiger partial charge in [0.15, 0.2) is 0 Å². The lowest BCUT2D eigenvalue weighted by Crippen LogP contribution is -2.12. The molecule has 0 aliphatic carbocycles. The van der Waals surface area contributed by atoms with E-state index in [0.717, 1.165) is 5.56 Å². The van der Waals surface area contributed by atoms with Gasteiger partial charge in [-0.2, -0.15) is 0 Å². The van der Waals surface area contributed by atoms with Crippen LogP contribution < -0.4 is 11.1 Å². The van der Waals surface area contributed by atoms with Crippen LogP contribution in [0.2, 0.25) is 0 Å². The Hall–Kier alpha value is -2.07. The van der Waals surface area contributed by atoms with E-state index in [-0.39, 0.29) is 0 Å². The molecule has 1 atom stereocenters. The van der Waals surface area contributed by atoms with E-state index >= 15 is 0 Å². The smallest absolute Gasteiger partial charge is 0.127 e. The Kier molecular flexibility index (Phi) is 3.79. The topological polar surface area (TPSA) is 58.3 Å². The van der Waals surface area contributed by atoms with Gasteiger partial charge < -0.3 is 16.2 Å². The van der Waals surface area contributed by atoms with Crippen LogP contribution in [-0.4, -0.2) is 11.7 Å². The Bertz CT molecular complexity index is 496. The minimum Gasteiger partial charge on any atom is -0.399 e. The van der Waals surface area contributed by atoms with Crippen molar-refractivity contribution in [2.45, 2.75) is 6.10 Å². The van der Waals surface area contributed by atoms with Gasteiger partial charge in [0.1, 0.15) is 5.82 Å². The Morgan fingerprint density at radius 2 is 1.89 bits per heavy atom. The van der Waals surface area contributed by atoms with Crippen molar-refractivity contribution in [3.05, 3.63) is 59.9 Å². The number of hydrogen-bond acceptors (Lipinski definition) is 3. The molecule has 0 saturated carbocycles. The second kappa shape index (κ2) is 5.51. The van der Waals surface area contributed by atoms with Crippen LogP contribution in [-0.2, 0) is 0 Å². The Morgan fingerprint density at radius 1 is 1.17 bits per heavy atom. The summed E-state index contributed by atoms with van der Waals surface area (Å²) < 4.78 is 13.1. The van der Waals surface area contributed by atoms with Gasteiger partial charge in [-0.05, 0) is 23.8 Å². The van der Waals surface area contributed by atoms with Gasteiger partial charge in [-0.3, -0.25) is 0 Å². The van der Waals surface area contributed by atoms with Crippen LogP contribution >= 0.6 is 0 Å². The molecule has 2 rings (SSSR count). The number of aliphatic hydroxyl groups is 1. The number of benzene rings is 2. The summed E-state index contributed by atoms with van der Waals surface area (Å²) in [5.41, 5.74) is 7.26. The molecule has 0 saturated heterocycles. The molecule has 4 N–H and O–H groups in total. The van der Waals surface area contributed by atoms with E-state index in [4.69, 9.17) is 5.73 Å². The maximum absolute atomic E-state index is 13.1. The fraction of sp³-hybridized carbons (Fsp3) is 0.143. The third-order valence-electron chi connectivity index (χ3n) is 2.60. The van der Waals surface area contributed by atoms with Crippen molar-refractivity contribution < 1.29 is 9.50 Å². The summed E-state index contributed by atoms with van der Waals surface area (Å²) in [7, 11) is 0. The molecule has 94 valence electrons. The van der Waals surface area contributed by atoms with E-state index in [2.05, 4.69) is 5.32 Å². The summed E-state index contributed by atoms with van der Waals surface area (Å²) in [6.45, 7) is 0.299. The van der Waals surface area contributed by atoms with E-state index in [9.17, 15) is 9.50 Å². The molecular weight excluding hydrogens is 231 g/mol. The lowest BCUT2D eigenvalue weighted by Gasteiger charge is -2.13. The lowest BCUT2D eigenvalue weighted by molar-refractivity contribution is 0.191. The van der Waals surface area contributed by atoms with Gasteiger partial charge in [-0.15, -0.1) is 0 Å². The molecule has 0 bridgehead atoms. The average molecular weight is 246 g/mol. The number of nitrogens with one attached hydrogen (secondary N) is 1. The van der Waals surface area contributed by atoms with Gasteiger partial charge in [0, 0.05) is 17.9 Å². The Morgan fingerprint density at radius 3 is 2.56 bits per heavy atom. The van der Waals surface area contributed by atoms with Crippen molar-refractivity contribution in [2.75, 3.05) is 17.6 Å². The van der Waals surface area contributed by atoms with Crippen molar-refractivity contribution >= 4 is 11.4 Å². The van der Waals surface area contributed by atoms with Gasteiger partial charge >= 0.3 is 0 Å². The number of hydrogen-bond donors (Lipinski definition) is 3. The van der Waals surface area contributed by atoms with Gasteiger partial charge in [0.05, 0.1) is 6.10 Å². The number of nitrogens with two attached hydrogens (primary N) is 1. The highest BCUT2D eigenvalue weighted by Crippen LogP contribution is 2.17. The number of anilines is 2. The predicted molar refractivity (Wildman–Crippen MR) is 70.7 cm³/mol. The fourth-order valence-electron chi connectivity index (χ4n) is 1.72. The lowest BCUT2D eigenvalue weighted by atomic mass is 10.1. The number of rotatable bonds is 4. The molecule has 0 aromatic heterocycles. The van der Waals surface area contributed by atoms with Crippen molar-refractivity contribution in [3.63, 3.8) is 0 Å². The normalized spacial score (nSPS) is 12.1. The minimum absolute atomic E-state index is 0.299. The highest BCUT2D eigenvalue weighted by atomic mass is 19.1. The van der Waals surface area contributed by atoms with E-state index in [1.165, 1.54) is 12.1 Å². The molecule has 0 amide bonds. The van der Waals surface area contributed by atoms with E-state index < -0.39 is 11.9 Å². The third kappa shape index (κ3) is 3.21. The molecule has 0 aliphatic heterocycles. The summed E-state index contributed by atoms with van der Waals surface area (Å²) in [6.07, 6.45) is -0.643. The van der Waals surface area contributed by atoms with Gasteiger partial charge in [-0.25, -0.2) is 4.39 Å². The Labute approximate surface area is 105 Å². The molecule has 4 heteroatoms. The minimum atomic E-state index is -0.643. The highest BCUT2D eigenvalue weighted by Gasteiger charge is 2.06. The molecule has 0 radical (unpaired) electrons. The van der Waals surface area contributed by atoms with Gasteiger partial charge in [-0.1, -0.05) is 30.3 Å². The zero-order valence-electron chi connectivity index (χ0n) is 9.81. The number of halogens is 1. The SMILES string of the molecule is Nc1cc(F)cc(NCC(O)c2ccccc2)c1. The largest absolute Gasteiger partial charge is 0.399 e. The first-order chi connectivity index (χ1) is 8.65. The maximum atomic E-state index is 13.1. The van der Waals surface area contributed by atoms with Crippen LogP contribution in [0.3, 0.4) is 0 Å². The van der Waals surface area contributed by atoms with Crippen molar-refractivity contribution in [1.29, 1.82) is 0 Å². The zero-order valence-corrected chi connectivity index (χ0v) is 9.81. The summed E-state index contributed by atoms with van der Waals surface area (Å²) in [4.78, 5) is 0. The molecule has 1 unspecified atom stereocenters. The predicted octanol–water partition coefficient (Wildman–Crippen LogP) is 2.55. The van der Waals surface area contributed by atoms with Crippen molar-refractivity contribution in [2.24, 2.45) is 0 Å². The molecule has 0 heterocycles. The first-order valence-electron chi connectivity index (χ1n) is 5.68. The monoisotopic (exact) mass is 246 g/mol. The molecule has 18 heavy (non-hydrogen) atoms.